The molecule has 1 atom stereocenters. The number of ether oxygens (including phenoxy) is 1. The van der Waals surface area contributed by atoms with Crippen LogP contribution in [0.2, 0.25) is 0 Å². The molecule has 3 rings (SSSR count). The first kappa shape index (κ1) is 13.8. The fraction of sp³-hybridized carbons (Fsp3) is 0.400. The van der Waals surface area contributed by atoms with Crippen molar-refractivity contribution in [3.63, 3.8) is 0 Å². The number of nitrogens with zero attached hydrogens (tertiary/aromatic N) is 2. The standard InChI is InChI=1S/C15H17N3O3/c1-10(19)16-8-11-2-4-12(5-3-11)15-17-14(18-21-15)13-6-7-20-9-13/h2-5,13H,6-9H2,1H3,(H,16,19). The minimum Gasteiger partial charge on any atom is -0.381 e. The molecule has 1 N–H and O–H groups in total. The zero-order chi connectivity index (χ0) is 14.7. The molecule has 110 valence electrons. The molecule has 6 heteroatoms. The maximum atomic E-state index is 10.9. The molecule has 0 bridgehead atoms. The summed E-state index contributed by atoms with van der Waals surface area (Å²) in [5, 5.41) is 6.79. The average molecular weight is 287 g/mol. The van der Waals surface area contributed by atoms with E-state index < -0.39 is 0 Å². The van der Waals surface area contributed by atoms with Gasteiger partial charge >= 0.3 is 0 Å². The number of hydrogen-bond acceptors (Lipinski definition) is 5. The van der Waals surface area contributed by atoms with Crippen LogP contribution in [0.4, 0.5) is 0 Å². The molecular formula is C15H17N3O3. The van der Waals surface area contributed by atoms with Crippen LogP contribution in [0.5, 0.6) is 0 Å². The van der Waals surface area contributed by atoms with Crippen molar-refractivity contribution in [3.05, 3.63) is 35.7 Å². The molecule has 1 fully saturated rings. The number of hydrogen-bond donors (Lipinski definition) is 1. The zero-order valence-corrected chi connectivity index (χ0v) is 11.8. The van der Waals surface area contributed by atoms with Gasteiger partial charge < -0.3 is 14.6 Å². The minimum absolute atomic E-state index is 0.0422. The van der Waals surface area contributed by atoms with Crippen LogP contribution in [0.3, 0.4) is 0 Å². The smallest absolute Gasteiger partial charge is 0.257 e. The molecule has 0 radical (unpaired) electrons. The molecule has 1 aliphatic heterocycles. The van der Waals surface area contributed by atoms with E-state index in [4.69, 9.17) is 9.26 Å². The van der Waals surface area contributed by atoms with Crippen molar-refractivity contribution in [1.82, 2.24) is 15.5 Å². The Kier molecular flexibility index (Phi) is 3.96. The normalized spacial score (nSPS) is 17.9. The van der Waals surface area contributed by atoms with Crippen molar-refractivity contribution in [2.75, 3.05) is 13.2 Å². The number of benzene rings is 1. The molecule has 1 aromatic carbocycles. The predicted octanol–water partition coefficient (Wildman–Crippen LogP) is 1.88. The molecule has 0 saturated carbocycles. The van der Waals surface area contributed by atoms with Crippen molar-refractivity contribution in [2.45, 2.75) is 25.8 Å². The van der Waals surface area contributed by atoms with E-state index in [0.717, 1.165) is 24.2 Å². The highest BCUT2D eigenvalue weighted by atomic mass is 16.5. The minimum atomic E-state index is -0.0422. The number of carbonyl (C=O) groups is 1. The number of amides is 1. The maximum absolute atomic E-state index is 10.9. The molecule has 6 nitrogen and oxygen atoms in total. The van der Waals surface area contributed by atoms with Gasteiger partial charge in [-0.1, -0.05) is 17.3 Å². The highest BCUT2D eigenvalue weighted by Crippen LogP contribution is 2.25. The second kappa shape index (κ2) is 6.05. The van der Waals surface area contributed by atoms with Gasteiger partial charge in [0.15, 0.2) is 5.82 Å². The Morgan fingerprint density at radius 1 is 1.38 bits per heavy atom. The molecule has 1 saturated heterocycles. The van der Waals surface area contributed by atoms with Crippen molar-refractivity contribution >= 4 is 5.91 Å². The van der Waals surface area contributed by atoms with Gasteiger partial charge in [0.2, 0.25) is 5.91 Å². The molecule has 1 amide bonds. The largest absolute Gasteiger partial charge is 0.381 e. The summed E-state index contributed by atoms with van der Waals surface area (Å²) in [6.07, 6.45) is 0.939. The summed E-state index contributed by atoms with van der Waals surface area (Å²) < 4.78 is 10.6. The molecule has 21 heavy (non-hydrogen) atoms. The van der Waals surface area contributed by atoms with E-state index in [-0.39, 0.29) is 11.8 Å². The molecule has 1 aromatic heterocycles. The van der Waals surface area contributed by atoms with E-state index in [1.807, 2.05) is 24.3 Å². The maximum Gasteiger partial charge on any atom is 0.257 e. The van der Waals surface area contributed by atoms with Gasteiger partial charge in [0, 0.05) is 31.6 Å². The summed E-state index contributed by atoms with van der Waals surface area (Å²) in [5.74, 6) is 1.42. The van der Waals surface area contributed by atoms with Crippen LogP contribution >= 0.6 is 0 Å². The lowest BCUT2D eigenvalue weighted by Crippen LogP contribution is -2.18. The van der Waals surface area contributed by atoms with Crippen LogP contribution in [0, 0.1) is 0 Å². The Morgan fingerprint density at radius 2 is 2.19 bits per heavy atom. The third-order valence-corrected chi connectivity index (χ3v) is 3.48. The molecule has 1 aliphatic rings. The average Bonchev–Trinajstić information content (AvgIpc) is 3.16. The summed E-state index contributed by atoms with van der Waals surface area (Å²) in [6, 6.07) is 7.71. The number of aromatic nitrogens is 2. The number of carbonyl (C=O) groups excluding carboxylic acids is 1. The van der Waals surface area contributed by atoms with Gasteiger partial charge in [-0.05, 0) is 24.1 Å². The summed E-state index contributed by atoms with van der Waals surface area (Å²) in [7, 11) is 0. The highest BCUT2D eigenvalue weighted by molar-refractivity contribution is 5.72. The van der Waals surface area contributed by atoms with Crippen LogP contribution in [0.15, 0.2) is 28.8 Å². The van der Waals surface area contributed by atoms with E-state index >= 15 is 0 Å². The van der Waals surface area contributed by atoms with Crippen LogP contribution in [-0.2, 0) is 16.1 Å². The first-order chi connectivity index (χ1) is 10.2. The first-order valence-electron chi connectivity index (χ1n) is 6.97. The van der Waals surface area contributed by atoms with Crippen molar-refractivity contribution < 1.29 is 14.1 Å². The summed E-state index contributed by atoms with van der Waals surface area (Å²) in [6.45, 7) is 3.44. The van der Waals surface area contributed by atoms with Crippen molar-refractivity contribution in [2.24, 2.45) is 0 Å². The summed E-state index contributed by atoms with van der Waals surface area (Å²) in [4.78, 5) is 15.3. The Morgan fingerprint density at radius 3 is 2.86 bits per heavy atom. The van der Waals surface area contributed by atoms with Gasteiger partial charge in [-0.25, -0.2) is 0 Å². The van der Waals surface area contributed by atoms with E-state index in [1.165, 1.54) is 6.92 Å². The van der Waals surface area contributed by atoms with Gasteiger partial charge in [-0.2, -0.15) is 4.98 Å². The van der Waals surface area contributed by atoms with Gasteiger partial charge in [0.1, 0.15) is 0 Å². The third kappa shape index (κ3) is 3.28. The lowest BCUT2D eigenvalue weighted by Gasteiger charge is -2.02. The van der Waals surface area contributed by atoms with E-state index in [0.29, 0.717) is 24.9 Å². The van der Waals surface area contributed by atoms with Crippen molar-refractivity contribution in [3.8, 4) is 11.5 Å². The molecule has 1 unspecified atom stereocenters. The van der Waals surface area contributed by atoms with Gasteiger partial charge in [0.05, 0.1) is 6.61 Å². The van der Waals surface area contributed by atoms with E-state index in [1.54, 1.807) is 0 Å². The lowest BCUT2D eigenvalue weighted by molar-refractivity contribution is -0.119. The molecule has 0 spiro atoms. The molecule has 2 aromatic rings. The quantitative estimate of drug-likeness (QED) is 0.929. The molecular weight excluding hydrogens is 270 g/mol. The van der Waals surface area contributed by atoms with E-state index in [9.17, 15) is 4.79 Å². The lowest BCUT2D eigenvalue weighted by atomic mass is 10.1. The Bertz CT molecular complexity index is 615. The van der Waals surface area contributed by atoms with Crippen LogP contribution in [-0.4, -0.2) is 29.3 Å². The predicted molar refractivity (Wildman–Crippen MR) is 75.4 cm³/mol. The first-order valence-corrected chi connectivity index (χ1v) is 6.97. The molecule has 0 aliphatic carbocycles. The Hall–Kier alpha value is -2.21. The number of nitrogens with one attached hydrogen (secondary N) is 1. The SMILES string of the molecule is CC(=O)NCc1ccc(-c2nc(C3CCOC3)no2)cc1. The van der Waals surface area contributed by atoms with Gasteiger partial charge in [-0.15, -0.1) is 0 Å². The van der Waals surface area contributed by atoms with Crippen molar-refractivity contribution in [1.29, 1.82) is 0 Å². The second-order valence-electron chi connectivity index (χ2n) is 5.12. The fourth-order valence-electron chi connectivity index (χ4n) is 2.25. The zero-order valence-electron chi connectivity index (χ0n) is 11.8. The monoisotopic (exact) mass is 287 g/mol. The number of rotatable bonds is 4. The fourth-order valence-corrected chi connectivity index (χ4v) is 2.25. The second-order valence-corrected chi connectivity index (χ2v) is 5.12. The van der Waals surface area contributed by atoms with Crippen LogP contribution < -0.4 is 5.32 Å². The molecule has 2 heterocycles. The third-order valence-electron chi connectivity index (χ3n) is 3.48. The van der Waals surface area contributed by atoms with Gasteiger partial charge in [0.25, 0.3) is 5.89 Å². The highest BCUT2D eigenvalue weighted by Gasteiger charge is 2.23. The van der Waals surface area contributed by atoms with Crippen LogP contribution in [0.1, 0.15) is 30.7 Å². The van der Waals surface area contributed by atoms with Crippen LogP contribution in [0.25, 0.3) is 11.5 Å². The Balaban J connectivity index is 1.70. The van der Waals surface area contributed by atoms with E-state index in [2.05, 4.69) is 15.5 Å². The summed E-state index contributed by atoms with van der Waals surface area (Å²) in [5.41, 5.74) is 1.90. The topological polar surface area (TPSA) is 77.2 Å². The summed E-state index contributed by atoms with van der Waals surface area (Å²) >= 11 is 0. The Labute approximate surface area is 122 Å². The van der Waals surface area contributed by atoms with Gasteiger partial charge in [-0.3, -0.25) is 4.79 Å².